The number of amides is 1. The van der Waals surface area contributed by atoms with Crippen LogP contribution < -0.4 is 0 Å². The monoisotopic (exact) mass is 446 g/mol. The van der Waals surface area contributed by atoms with Gasteiger partial charge in [-0.1, -0.05) is 24.6 Å². The normalized spacial score (nSPS) is 22.6. The van der Waals surface area contributed by atoms with Crippen molar-refractivity contribution in [1.82, 2.24) is 9.80 Å². The summed E-state index contributed by atoms with van der Waals surface area (Å²) in [5, 5.41) is 0.328. The molecular weight excluding hydrogens is 421 g/mol. The van der Waals surface area contributed by atoms with Gasteiger partial charge >= 0.3 is 18.1 Å². The summed E-state index contributed by atoms with van der Waals surface area (Å²) < 4.78 is 43.6. The third kappa shape index (κ3) is 5.46. The van der Waals surface area contributed by atoms with E-state index in [1.54, 1.807) is 12.1 Å². The molecule has 30 heavy (non-hydrogen) atoms. The van der Waals surface area contributed by atoms with Crippen molar-refractivity contribution in [2.45, 2.75) is 44.9 Å². The highest BCUT2D eigenvalue weighted by atomic mass is 35.5. The van der Waals surface area contributed by atoms with E-state index in [9.17, 15) is 22.8 Å². The van der Waals surface area contributed by atoms with Crippen LogP contribution in [0.4, 0.5) is 13.2 Å². The zero-order valence-corrected chi connectivity index (χ0v) is 17.8. The first-order chi connectivity index (χ1) is 14.1. The van der Waals surface area contributed by atoms with Crippen LogP contribution in [0.3, 0.4) is 0 Å². The molecule has 1 aliphatic heterocycles. The second-order valence-corrected chi connectivity index (χ2v) is 8.67. The quantitative estimate of drug-likeness (QED) is 0.616. The summed E-state index contributed by atoms with van der Waals surface area (Å²) in [7, 11) is 1.30. The minimum absolute atomic E-state index is 0.0608. The Labute approximate surface area is 179 Å². The number of nitrogens with zero attached hydrogens (tertiary/aromatic N) is 2. The third-order valence-electron chi connectivity index (χ3n) is 5.98. The highest BCUT2D eigenvalue weighted by Crippen LogP contribution is 2.38. The van der Waals surface area contributed by atoms with Gasteiger partial charge in [-0.3, -0.25) is 9.69 Å². The van der Waals surface area contributed by atoms with Gasteiger partial charge in [0, 0.05) is 19.1 Å². The second kappa shape index (κ2) is 9.14. The van der Waals surface area contributed by atoms with E-state index < -0.39 is 18.1 Å². The maximum atomic E-state index is 13.0. The van der Waals surface area contributed by atoms with Crippen LogP contribution in [0, 0.1) is 11.8 Å². The van der Waals surface area contributed by atoms with E-state index in [4.69, 9.17) is 11.6 Å². The lowest BCUT2D eigenvalue weighted by atomic mass is 9.95. The fraction of sp³-hybridized carbons (Fsp3) is 0.619. The number of ether oxygens (including phenoxy) is 1. The van der Waals surface area contributed by atoms with E-state index >= 15 is 0 Å². The molecule has 1 aromatic carbocycles. The molecule has 9 heteroatoms. The van der Waals surface area contributed by atoms with Gasteiger partial charge in [-0.05, 0) is 61.9 Å². The maximum Gasteiger partial charge on any atom is 0.471 e. The first-order valence-electron chi connectivity index (χ1n) is 10.1. The minimum Gasteiger partial charge on any atom is -0.465 e. The van der Waals surface area contributed by atoms with Crippen molar-refractivity contribution >= 4 is 23.5 Å². The predicted molar refractivity (Wildman–Crippen MR) is 106 cm³/mol. The van der Waals surface area contributed by atoms with Gasteiger partial charge in [-0.2, -0.15) is 13.2 Å². The van der Waals surface area contributed by atoms with E-state index in [0.717, 1.165) is 36.4 Å². The number of alkyl halides is 3. The highest BCUT2D eigenvalue weighted by Gasteiger charge is 2.50. The summed E-state index contributed by atoms with van der Waals surface area (Å²) in [5.74, 6) is -2.00. The molecule has 0 radical (unpaired) electrons. The molecule has 0 unspecified atom stereocenters. The summed E-state index contributed by atoms with van der Waals surface area (Å²) in [6.07, 6.45) is -2.71. The average molecular weight is 447 g/mol. The van der Waals surface area contributed by atoms with Crippen molar-refractivity contribution in [3.05, 3.63) is 34.3 Å². The maximum absolute atomic E-state index is 13.0. The molecule has 2 atom stereocenters. The number of likely N-dealkylation sites (tertiary alicyclic amines) is 1. The van der Waals surface area contributed by atoms with Crippen molar-refractivity contribution in [1.29, 1.82) is 0 Å². The number of rotatable bonds is 6. The van der Waals surface area contributed by atoms with Crippen LogP contribution >= 0.6 is 11.6 Å². The highest BCUT2D eigenvalue weighted by molar-refractivity contribution is 6.33. The van der Waals surface area contributed by atoms with Crippen molar-refractivity contribution in [2.75, 3.05) is 26.7 Å². The number of methoxy groups -OCH3 is 1. The molecule has 2 fully saturated rings. The summed E-state index contributed by atoms with van der Waals surface area (Å²) >= 11 is 6.17. The smallest absolute Gasteiger partial charge is 0.465 e. The van der Waals surface area contributed by atoms with Crippen LogP contribution in [0.5, 0.6) is 0 Å². The SMILES string of the molecule is COC(=O)c1ccc(CN2CCC(CN(C(=O)C(F)(F)F)[C@@H]3C[C@H]3C)CC2)cc1Cl. The van der Waals surface area contributed by atoms with Crippen molar-refractivity contribution in [2.24, 2.45) is 11.8 Å². The number of piperidine rings is 1. The zero-order chi connectivity index (χ0) is 22.1. The van der Waals surface area contributed by atoms with Gasteiger partial charge in [0.2, 0.25) is 0 Å². The Morgan fingerprint density at radius 2 is 1.90 bits per heavy atom. The van der Waals surface area contributed by atoms with Gasteiger partial charge in [0.15, 0.2) is 0 Å². The standard InChI is InChI=1S/C21H26ClF3N2O3/c1-13-9-18(13)27(20(29)21(23,24)25)12-14-5-7-26(8-6-14)11-15-3-4-16(17(22)10-15)19(28)30-2/h3-4,10,13-14,18H,5-9,11-12H2,1-2H3/t13-,18-/m1/s1. The molecule has 1 heterocycles. The van der Waals surface area contributed by atoms with Crippen LogP contribution in [0.15, 0.2) is 18.2 Å². The van der Waals surface area contributed by atoms with Crippen LogP contribution in [-0.2, 0) is 16.1 Å². The molecular formula is C21H26ClF3N2O3. The van der Waals surface area contributed by atoms with Gasteiger partial charge in [0.05, 0.1) is 17.7 Å². The largest absolute Gasteiger partial charge is 0.471 e. The van der Waals surface area contributed by atoms with Gasteiger partial charge in [-0.15, -0.1) is 0 Å². The molecule has 1 aromatic rings. The van der Waals surface area contributed by atoms with E-state index in [1.807, 2.05) is 13.0 Å². The predicted octanol–water partition coefficient (Wildman–Crippen LogP) is 4.14. The minimum atomic E-state index is -4.82. The summed E-state index contributed by atoms with van der Waals surface area (Å²) in [5.41, 5.74) is 1.26. The molecule has 1 saturated carbocycles. The fourth-order valence-electron chi connectivity index (χ4n) is 4.06. The third-order valence-corrected chi connectivity index (χ3v) is 6.29. The average Bonchev–Trinajstić information content (AvgIpc) is 3.42. The molecule has 1 amide bonds. The molecule has 5 nitrogen and oxygen atoms in total. The van der Waals surface area contributed by atoms with Crippen LogP contribution in [0.2, 0.25) is 5.02 Å². The van der Waals surface area contributed by atoms with E-state index in [2.05, 4.69) is 9.64 Å². The molecule has 1 aliphatic carbocycles. The van der Waals surface area contributed by atoms with Crippen LogP contribution in [0.1, 0.15) is 42.1 Å². The molecule has 1 saturated heterocycles. The number of carbonyl (C=O) groups excluding carboxylic acids is 2. The van der Waals surface area contributed by atoms with Crippen molar-refractivity contribution in [3.8, 4) is 0 Å². The molecule has 166 valence electrons. The van der Waals surface area contributed by atoms with Gasteiger partial charge in [0.25, 0.3) is 0 Å². The molecule has 2 aliphatic rings. The number of esters is 1. The number of carbonyl (C=O) groups is 2. The van der Waals surface area contributed by atoms with Crippen LogP contribution in [0.25, 0.3) is 0 Å². The van der Waals surface area contributed by atoms with Crippen molar-refractivity contribution in [3.63, 3.8) is 0 Å². The fourth-order valence-corrected chi connectivity index (χ4v) is 4.34. The lowest BCUT2D eigenvalue weighted by Gasteiger charge is -2.35. The van der Waals surface area contributed by atoms with Crippen molar-refractivity contribution < 1.29 is 27.5 Å². The van der Waals surface area contributed by atoms with Gasteiger partial charge in [0.1, 0.15) is 0 Å². The summed E-state index contributed by atoms with van der Waals surface area (Å²) in [6.45, 7) is 4.14. The topological polar surface area (TPSA) is 49.9 Å². The van der Waals surface area contributed by atoms with E-state index in [1.165, 1.54) is 7.11 Å². The number of hydrogen-bond acceptors (Lipinski definition) is 4. The van der Waals surface area contributed by atoms with Gasteiger partial charge < -0.3 is 9.64 Å². The van der Waals surface area contributed by atoms with E-state index in [-0.39, 0.29) is 24.4 Å². The Morgan fingerprint density at radius 1 is 1.27 bits per heavy atom. The molecule has 0 spiro atoms. The first-order valence-corrected chi connectivity index (χ1v) is 10.4. The molecule has 0 N–H and O–H groups in total. The lowest BCUT2D eigenvalue weighted by Crippen LogP contribution is -2.47. The Kier molecular flexibility index (Phi) is 6.97. The number of benzene rings is 1. The Hall–Kier alpha value is -1.80. The second-order valence-electron chi connectivity index (χ2n) is 8.26. The van der Waals surface area contributed by atoms with Crippen LogP contribution in [-0.4, -0.2) is 60.6 Å². The number of hydrogen-bond donors (Lipinski definition) is 0. The van der Waals surface area contributed by atoms with E-state index in [0.29, 0.717) is 23.6 Å². The Morgan fingerprint density at radius 3 is 2.40 bits per heavy atom. The summed E-state index contributed by atoms with van der Waals surface area (Å²) in [4.78, 5) is 26.7. The summed E-state index contributed by atoms with van der Waals surface area (Å²) in [6, 6.07) is 4.90. The molecule has 0 bridgehead atoms. The zero-order valence-electron chi connectivity index (χ0n) is 17.0. The Bertz CT molecular complexity index is 794. The van der Waals surface area contributed by atoms with Gasteiger partial charge in [-0.25, -0.2) is 4.79 Å². The molecule has 3 rings (SSSR count). The first kappa shape index (κ1) is 22.9. The number of halogens is 4. The Balaban J connectivity index is 1.54. The lowest BCUT2D eigenvalue weighted by molar-refractivity contribution is -0.187. The molecule has 0 aromatic heterocycles.